The summed E-state index contributed by atoms with van der Waals surface area (Å²) < 4.78 is 6.47. The van der Waals surface area contributed by atoms with Gasteiger partial charge in [0, 0.05) is 23.1 Å². The van der Waals surface area contributed by atoms with Crippen molar-refractivity contribution >= 4 is 15.9 Å². The van der Waals surface area contributed by atoms with Crippen LogP contribution in [-0.2, 0) is 19.6 Å². The average Bonchev–Trinajstić information content (AvgIpc) is 2.79. The van der Waals surface area contributed by atoms with E-state index >= 15 is 0 Å². The van der Waals surface area contributed by atoms with Gasteiger partial charge >= 0.3 is 0 Å². The Kier molecular flexibility index (Phi) is 4.58. The Morgan fingerprint density at radius 2 is 1.89 bits per heavy atom. The van der Waals surface area contributed by atoms with Crippen LogP contribution in [0, 0.1) is 0 Å². The largest absolute Gasteiger partial charge is 0.468 e. The van der Waals surface area contributed by atoms with Gasteiger partial charge in [-0.05, 0) is 24.7 Å². The third-order valence-corrected chi connectivity index (χ3v) is 3.64. The molecule has 1 heterocycles. The molecular weight excluding hydrogens is 292 g/mol. The van der Waals surface area contributed by atoms with Crippen LogP contribution in [-0.4, -0.2) is 11.9 Å². The van der Waals surface area contributed by atoms with E-state index in [4.69, 9.17) is 10.2 Å². The van der Waals surface area contributed by atoms with Crippen LogP contribution in [0.1, 0.15) is 16.9 Å². The van der Waals surface area contributed by atoms with Gasteiger partial charge in [0.15, 0.2) is 0 Å². The number of furan rings is 1. The fraction of sp³-hybridized carbons (Fsp3) is 0.286. The van der Waals surface area contributed by atoms with Crippen LogP contribution < -0.4 is 5.73 Å². The molecule has 3 nitrogen and oxygen atoms in total. The Hall–Kier alpha value is -1.10. The number of hydrogen-bond donors (Lipinski definition) is 1. The smallest absolute Gasteiger partial charge is 0.121 e. The monoisotopic (exact) mass is 308 g/mol. The van der Waals surface area contributed by atoms with Crippen molar-refractivity contribution in [1.82, 2.24) is 4.90 Å². The zero-order valence-corrected chi connectivity index (χ0v) is 12.0. The molecule has 1 aromatic heterocycles. The Labute approximate surface area is 116 Å². The Morgan fingerprint density at radius 1 is 1.17 bits per heavy atom. The molecule has 0 aliphatic rings. The average molecular weight is 309 g/mol. The molecule has 0 spiro atoms. The minimum absolute atomic E-state index is 0.450. The van der Waals surface area contributed by atoms with Crippen LogP contribution in [0.25, 0.3) is 0 Å². The lowest BCUT2D eigenvalue weighted by Crippen LogP contribution is -2.18. The summed E-state index contributed by atoms with van der Waals surface area (Å²) in [5, 5.41) is 0. The summed E-state index contributed by atoms with van der Waals surface area (Å²) in [4.78, 5) is 2.24. The summed E-state index contributed by atoms with van der Waals surface area (Å²) in [7, 11) is 2.09. The van der Waals surface area contributed by atoms with Crippen LogP contribution in [0.3, 0.4) is 0 Å². The zero-order valence-electron chi connectivity index (χ0n) is 10.4. The van der Waals surface area contributed by atoms with Gasteiger partial charge in [-0.3, -0.25) is 4.90 Å². The van der Waals surface area contributed by atoms with E-state index in [2.05, 4.69) is 46.1 Å². The van der Waals surface area contributed by atoms with Gasteiger partial charge in [0.1, 0.15) is 5.76 Å². The molecule has 2 aromatic rings. The van der Waals surface area contributed by atoms with Crippen molar-refractivity contribution in [2.45, 2.75) is 19.6 Å². The third kappa shape index (κ3) is 3.22. The van der Waals surface area contributed by atoms with Gasteiger partial charge in [-0.25, -0.2) is 0 Å². The number of nitrogens with two attached hydrogens (primary N) is 1. The summed E-state index contributed by atoms with van der Waals surface area (Å²) in [5.74, 6) is 0.869. The molecule has 0 bridgehead atoms. The van der Waals surface area contributed by atoms with Crippen molar-refractivity contribution in [3.8, 4) is 0 Å². The van der Waals surface area contributed by atoms with Gasteiger partial charge in [0.25, 0.3) is 0 Å². The maximum absolute atomic E-state index is 5.63. The molecule has 96 valence electrons. The Balaban J connectivity index is 2.01. The first-order valence-electron chi connectivity index (χ1n) is 5.88. The van der Waals surface area contributed by atoms with Gasteiger partial charge in [-0.2, -0.15) is 0 Å². The van der Waals surface area contributed by atoms with Crippen molar-refractivity contribution < 1.29 is 4.42 Å². The SMILES string of the molecule is CN(Cc1ccccc1Br)Cc1ccoc1CN. The minimum atomic E-state index is 0.450. The predicted octanol–water partition coefficient (Wildman–Crippen LogP) is 3.13. The number of nitrogens with zero attached hydrogens (tertiary/aromatic N) is 1. The van der Waals surface area contributed by atoms with Gasteiger partial charge in [0.05, 0.1) is 12.8 Å². The molecule has 0 saturated carbocycles. The highest BCUT2D eigenvalue weighted by Gasteiger charge is 2.09. The first-order valence-corrected chi connectivity index (χ1v) is 6.67. The molecule has 0 saturated heterocycles. The maximum atomic E-state index is 5.63. The fourth-order valence-electron chi connectivity index (χ4n) is 1.95. The van der Waals surface area contributed by atoms with Gasteiger partial charge in [-0.1, -0.05) is 34.1 Å². The van der Waals surface area contributed by atoms with E-state index < -0.39 is 0 Å². The highest BCUT2D eigenvalue weighted by molar-refractivity contribution is 9.10. The Morgan fingerprint density at radius 3 is 2.61 bits per heavy atom. The quantitative estimate of drug-likeness (QED) is 0.922. The first-order chi connectivity index (χ1) is 8.70. The molecule has 2 rings (SSSR count). The Bertz CT molecular complexity index is 510. The van der Waals surface area contributed by atoms with Crippen LogP contribution in [0.15, 0.2) is 45.5 Å². The van der Waals surface area contributed by atoms with Crippen molar-refractivity contribution in [2.75, 3.05) is 7.05 Å². The molecule has 0 unspecified atom stereocenters. The maximum Gasteiger partial charge on any atom is 0.121 e. The normalized spacial score (nSPS) is 11.1. The second-order valence-corrected chi connectivity index (χ2v) is 5.19. The number of hydrogen-bond acceptors (Lipinski definition) is 3. The second kappa shape index (κ2) is 6.18. The summed E-state index contributed by atoms with van der Waals surface area (Å²) in [5.41, 5.74) is 8.06. The van der Waals surface area contributed by atoms with Gasteiger partial charge < -0.3 is 10.2 Å². The van der Waals surface area contributed by atoms with Crippen LogP contribution in [0.5, 0.6) is 0 Å². The molecule has 0 amide bonds. The molecule has 18 heavy (non-hydrogen) atoms. The van der Waals surface area contributed by atoms with E-state index in [9.17, 15) is 0 Å². The fourth-order valence-corrected chi connectivity index (χ4v) is 2.36. The minimum Gasteiger partial charge on any atom is -0.468 e. The number of benzene rings is 1. The molecular formula is C14H17BrN2O. The van der Waals surface area contributed by atoms with Crippen LogP contribution in [0.4, 0.5) is 0 Å². The molecule has 4 heteroatoms. The molecule has 0 atom stereocenters. The van der Waals surface area contributed by atoms with Crippen molar-refractivity contribution in [3.63, 3.8) is 0 Å². The summed E-state index contributed by atoms with van der Waals surface area (Å²) in [6.07, 6.45) is 1.70. The molecule has 0 fully saturated rings. The second-order valence-electron chi connectivity index (χ2n) is 4.34. The zero-order chi connectivity index (χ0) is 13.0. The lowest BCUT2D eigenvalue weighted by atomic mass is 10.2. The molecule has 1 aromatic carbocycles. The van der Waals surface area contributed by atoms with E-state index in [0.717, 1.165) is 28.9 Å². The third-order valence-electron chi connectivity index (χ3n) is 2.86. The van der Waals surface area contributed by atoms with E-state index in [1.165, 1.54) is 5.56 Å². The molecule has 0 aliphatic carbocycles. The van der Waals surface area contributed by atoms with Gasteiger partial charge in [0.2, 0.25) is 0 Å². The first kappa shape index (κ1) is 13.3. The number of rotatable bonds is 5. The van der Waals surface area contributed by atoms with Crippen molar-refractivity contribution in [3.05, 3.63) is 58.0 Å². The van der Waals surface area contributed by atoms with E-state index in [0.29, 0.717) is 6.54 Å². The van der Waals surface area contributed by atoms with Gasteiger partial charge in [-0.15, -0.1) is 0 Å². The van der Waals surface area contributed by atoms with Crippen molar-refractivity contribution in [1.29, 1.82) is 0 Å². The predicted molar refractivity (Wildman–Crippen MR) is 75.9 cm³/mol. The summed E-state index contributed by atoms with van der Waals surface area (Å²) in [6.45, 7) is 2.17. The van der Waals surface area contributed by atoms with E-state index in [-0.39, 0.29) is 0 Å². The standard InChI is InChI=1S/C14H17BrN2O/c1-17(9-11-4-2-3-5-13(11)15)10-12-6-7-18-14(12)8-16/h2-7H,8-10,16H2,1H3. The highest BCUT2D eigenvalue weighted by Crippen LogP contribution is 2.19. The summed E-state index contributed by atoms with van der Waals surface area (Å²) in [6, 6.07) is 10.2. The molecule has 0 radical (unpaired) electrons. The van der Waals surface area contributed by atoms with Crippen LogP contribution in [0.2, 0.25) is 0 Å². The molecule has 0 aliphatic heterocycles. The van der Waals surface area contributed by atoms with E-state index in [1.54, 1.807) is 6.26 Å². The topological polar surface area (TPSA) is 42.4 Å². The highest BCUT2D eigenvalue weighted by atomic mass is 79.9. The lowest BCUT2D eigenvalue weighted by molar-refractivity contribution is 0.315. The van der Waals surface area contributed by atoms with Crippen molar-refractivity contribution in [2.24, 2.45) is 5.73 Å². The molecule has 2 N–H and O–H groups in total. The van der Waals surface area contributed by atoms with E-state index in [1.807, 2.05) is 12.1 Å². The van der Waals surface area contributed by atoms with Crippen LogP contribution >= 0.6 is 15.9 Å². The summed E-state index contributed by atoms with van der Waals surface area (Å²) >= 11 is 3.57. The lowest BCUT2D eigenvalue weighted by Gasteiger charge is -2.17. The number of halogens is 1.